The summed E-state index contributed by atoms with van der Waals surface area (Å²) >= 11 is 0. The van der Waals surface area contributed by atoms with E-state index in [1.54, 1.807) is 11.6 Å². The zero-order valence-electron chi connectivity index (χ0n) is 17.4. The first-order valence-corrected chi connectivity index (χ1v) is 10.1. The molecule has 1 fully saturated rings. The summed E-state index contributed by atoms with van der Waals surface area (Å²) in [4.78, 5) is 21.8. The standard InChI is InChI=1S/C22H27N5O2/c1-13-10-16(20-12-27-22(25-20)23-14(2)15(3)26-27)8-9-19(13)24-21(28)17-6-5-7-18(11-17)29-4/h8-10,12,17-18H,5-7,11H2,1-4H3,(H,24,28)/t17-,18+/m1/s1. The van der Waals surface area contributed by atoms with Gasteiger partial charge in [-0.2, -0.15) is 5.10 Å². The number of aryl methyl sites for hydroxylation is 3. The summed E-state index contributed by atoms with van der Waals surface area (Å²) in [5.41, 5.74) is 5.38. The van der Waals surface area contributed by atoms with Crippen molar-refractivity contribution < 1.29 is 9.53 Å². The van der Waals surface area contributed by atoms with Gasteiger partial charge in [0.1, 0.15) is 0 Å². The van der Waals surface area contributed by atoms with Crippen molar-refractivity contribution in [1.29, 1.82) is 0 Å². The van der Waals surface area contributed by atoms with Gasteiger partial charge in [0.2, 0.25) is 5.91 Å². The van der Waals surface area contributed by atoms with Gasteiger partial charge in [0.25, 0.3) is 5.78 Å². The number of fused-ring (bicyclic) bond motifs is 1. The number of benzene rings is 1. The minimum Gasteiger partial charge on any atom is -0.381 e. The van der Waals surface area contributed by atoms with Crippen LogP contribution in [0.4, 0.5) is 5.69 Å². The lowest BCUT2D eigenvalue weighted by Crippen LogP contribution is -2.31. The number of nitrogens with one attached hydrogen (secondary N) is 1. The number of carbonyl (C=O) groups is 1. The third kappa shape index (κ3) is 4.00. The highest BCUT2D eigenvalue weighted by Gasteiger charge is 2.27. The van der Waals surface area contributed by atoms with Crippen LogP contribution < -0.4 is 5.32 Å². The molecule has 2 aromatic heterocycles. The Morgan fingerprint density at radius 3 is 2.76 bits per heavy atom. The average molecular weight is 393 g/mol. The highest BCUT2D eigenvalue weighted by Crippen LogP contribution is 2.29. The summed E-state index contributed by atoms with van der Waals surface area (Å²) in [5.74, 6) is 0.674. The molecule has 0 bridgehead atoms. The normalized spacial score (nSPS) is 19.4. The number of rotatable bonds is 4. The molecule has 0 saturated heterocycles. The number of ether oxygens (including phenoxy) is 1. The maximum absolute atomic E-state index is 12.7. The molecule has 1 aliphatic carbocycles. The first-order chi connectivity index (χ1) is 13.9. The summed E-state index contributed by atoms with van der Waals surface area (Å²) in [6, 6.07) is 5.96. The van der Waals surface area contributed by atoms with Gasteiger partial charge < -0.3 is 10.1 Å². The van der Waals surface area contributed by atoms with Crippen molar-refractivity contribution in [2.45, 2.75) is 52.6 Å². The monoisotopic (exact) mass is 393 g/mol. The van der Waals surface area contributed by atoms with E-state index in [0.717, 1.165) is 59.6 Å². The SMILES string of the molecule is CO[C@H]1CCC[C@@H](C(=O)Nc2ccc(-c3cn4nc(C)c(C)nc4n3)cc2C)C1. The van der Waals surface area contributed by atoms with Crippen LogP contribution in [0, 0.1) is 26.7 Å². The summed E-state index contributed by atoms with van der Waals surface area (Å²) < 4.78 is 7.16. The molecule has 152 valence electrons. The summed E-state index contributed by atoms with van der Waals surface area (Å²) in [5, 5.41) is 7.59. The van der Waals surface area contributed by atoms with E-state index in [9.17, 15) is 4.79 Å². The van der Waals surface area contributed by atoms with E-state index in [2.05, 4.69) is 20.4 Å². The quantitative estimate of drug-likeness (QED) is 0.728. The molecule has 7 nitrogen and oxygen atoms in total. The lowest BCUT2D eigenvalue weighted by molar-refractivity contribution is -0.122. The van der Waals surface area contributed by atoms with Crippen molar-refractivity contribution in [3.63, 3.8) is 0 Å². The Hall–Kier alpha value is -2.80. The van der Waals surface area contributed by atoms with E-state index in [-0.39, 0.29) is 17.9 Å². The van der Waals surface area contributed by atoms with Gasteiger partial charge in [-0.05, 0) is 57.7 Å². The molecule has 0 unspecified atom stereocenters. The number of hydrogen-bond acceptors (Lipinski definition) is 5. The molecule has 0 radical (unpaired) electrons. The summed E-state index contributed by atoms with van der Waals surface area (Å²) in [6.07, 6.45) is 5.85. The number of amides is 1. The Labute approximate surface area is 170 Å². The highest BCUT2D eigenvalue weighted by molar-refractivity contribution is 5.93. The molecule has 0 aliphatic heterocycles. The molecule has 3 aromatic rings. The average Bonchev–Trinajstić information content (AvgIpc) is 3.12. The Morgan fingerprint density at radius 2 is 2.00 bits per heavy atom. The molecule has 4 rings (SSSR count). The van der Waals surface area contributed by atoms with Crippen LogP contribution in [-0.2, 0) is 9.53 Å². The van der Waals surface area contributed by atoms with Gasteiger partial charge in [-0.1, -0.05) is 12.5 Å². The molecule has 7 heteroatoms. The van der Waals surface area contributed by atoms with Crippen LogP contribution in [0.1, 0.15) is 42.6 Å². The Balaban J connectivity index is 1.53. The number of anilines is 1. The van der Waals surface area contributed by atoms with Crippen molar-refractivity contribution >= 4 is 17.4 Å². The second kappa shape index (κ2) is 7.91. The maximum Gasteiger partial charge on any atom is 0.251 e. The molecule has 2 heterocycles. The van der Waals surface area contributed by atoms with Crippen LogP contribution in [0.25, 0.3) is 17.0 Å². The number of methoxy groups -OCH3 is 1. The second-order valence-electron chi connectivity index (χ2n) is 7.89. The van der Waals surface area contributed by atoms with E-state index >= 15 is 0 Å². The third-order valence-corrected chi connectivity index (χ3v) is 5.83. The third-order valence-electron chi connectivity index (χ3n) is 5.83. The number of aromatic nitrogens is 4. The maximum atomic E-state index is 12.7. The lowest BCUT2D eigenvalue weighted by atomic mass is 9.86. The number of hydrogen-bond donors (Lipinski definition) is 1. The van der Waals surface area contributed by atoms with Gasteiger partial charge in [0.15, 0.2) is 0 Å². The molecule has 1 amide bonds. The molecular weight excluding hydrogens is 366 g/mol. The van der Waals surface area contributed by atoms with E-state index in [1.807, 2.05) is 45.2 Å². The predicted octanol–water partition coefficient (Wildman–Crippen LogP) is 3.86. The fourth-order valence-corrected chi connectivity index (χ4v) is 3.91. The minimum atomic E-state index is 0.00911. The number of carbonyl (C=O) groups excluding carboxylic acids is 1. The van der Waals surface area contributed by atoms with Crippen LogP contribution in [0.5, 0.6) is 0 Å². The van der Waals surface area contributed by atoms with Gasteiger partial charge >= 0.3 is 0 Å². The molecule has 1 saturated carbocycles. The zero-order valence-corrected chi connectivity index (χ0v) is 17.4. The van der Waals surface area contributed by atoms with Gasteiger partial charge in [0, 0.05) is 24.3 Å². The molecule has 1 aromatic carbocycles. The van der Waals surface area contributed by atoms with E-state index < -0.39 is 0 Å². The Bertz CT molecular complexity index is 1020. The molecule has 2 atom stereocenters. The largest absolute Gasteiger partial charge is 0.381 e. The first kappa shape index (κ1) is 19.5. The molecule has 0 spiro atoms. The highest BCUT2D eigenvalue weighted by atomic mass is 16.5. The van der Waals surface area contributed by atoms with E-state index in [1.165, 1.54) is 0 Å². The molecule has 1 N–H and O–H groups in total. The Morgan fingerprint density at radius 1 is 1.17 bits per heavy atom. The van der Waals surface area contributed by atoms with E-state index in [4.69, 9.17) is 4.74 Å². The van der Waals surface area contributed by atoms with Crippen molar-refractivity contribution in [2.75, 3.05) is 12.4 Å². The molecule has 29 heavy (non-hydrogen) atoms. The fraction of sp³-hybridized carbons (Fsp3) is 0.455. The minimum absolute atomic E-state index is 0.00911. The summed E-state index contributed by atoms with van der Waals surface area (Å²) in [7, 11) is 1.72. The summed E-state index contributed by atoms with van der Waals surface area (Å²) in [6.45, 7) is 5.86. The smallest absolute Gasteiger partial charge is 0.251 e. The topological polar surface area (TPSA) is 81.4 Å². The molecule has 1 aliphatic rings. The first-order valence-electron chi connectivity index (χ1n) is 10.1. The van der Waals surface area contributed by atoms with Crippen molar-refractivity contribution in [3.8, 4) is 11.3 Å². The van der Waals surface area contributed by atoms with Gasteiger partial charge in [-0.25, -0.2) is 14.5 Å². The fourth-order valence-electron chi connectivity index (χ4n) is 3.91. The van der Waals surface area contributed by atoms with Crippen molar-refractivity contribution in [3.05, 3.63) is 41.3 Å². The zero-order chi connectivity index (χ0) is 20.5. The van der Waals surface area contributed by atoms with E-state index in [0.29, 0.717) is 5.78 Å². The van der Waals surface area contributed by atoms with Crippen molar-refractivity contribution in [2.24, 2.45) is 5.92 Å². The molecular formula is C22H27N5O2. The number of nitrogens with zero attached hydrogens (tertiary/aromatic N) is 4. The second-order valence-corrected chi connectivity index (χ2v) is 7.89. The van der Waals surface area contributed by atoms with Crippen LogP contribution in [0.3, 0.4) is 0 Å². The van der Waals surface area contributed by atoms with Gasteiger partial charge in [-0.15, -0.1) is 0 Å². The van der Waals surface area contributed by atoms with Gasteiger partial charge in [-0.3, -0.25) is 4.79 Å². The van der Waals surface area contributed by atoms with Crippen molar-refractivity contribution in [1.82, 2.24) is 19.6 Å². The van der Waals surface area contributed by atoms with Crippen LogP contribution in [-0.4, -0.2) is 38.7 Å². The van der Waals surface area contributed by atoms with Gasteiger partial charge in [0.05, 0.1) is 29.4 Å². The predicted molar refractivity (Wildman–Crippen MR) is 112 cm³/mol. The van der Waals surface area contributed by atoms with Crippen LogP contribution in [0.15, 0.2) is 24.4 Å². The van der Waals surface area contributed by atoms with Crippen LogP contribution in [0.2, 0.25) is 0 Å². The Kier molecular flexibility index (Phi) is 5.32. The van der Waals surface area contributed by atoms with Crippen LogP contribution >= 0.6 is 0 Å². The number of imidazole rings is 1. The lowest BCUT2D eigenvalue weighted by Gasteiger charge is -2.27.